The van der Waals surface area contributed by atoms with Crippen molar-refractivity contribution in [2.24, 2.45) is 10.9 Å². The first-order chi connectivity index (χ1) is 13.6. The molecule has 0 spiro atoms. The molecule has 0 aliphatic carbocycles. The number of amidine groups is 1. The Morgan fingerprint density at radius 2 is 2.21 bits per heavy atom. The molecule has 2 atom stereocenters. The number of nitrogens with one attached hydrogen (secondary N) is 3. The lowest BCUT2D eigenvalue weighted by atomic mass is 10.1. The summed E-state index contributed by atoms with van der Waals surface area (Å²) in [7, 11) is 0. The van der Waals surface area contributed by atoms with Crippen LogP contribution in [0.5, 0.6) is 0 Å². The summed E-state index contributed by atoms with van der Waals surface area (Å²) in [6.45, 7) is 2.60. The summed E-state index contributed by atoms with van der Waals surface area (Å²) in [6.07, 6.45) is 4.76. The number of para-hydroxylation sites is 1. The molecule has 0 saturated heterocycles. The Balaban J connectivity index is 1.19. The molecule has 4 rings (SSSR count). The molecule has 146 valence electrons. The molecule has 2 aromatic rings. The molecular weight excluding hydrogens is 392 g/mol. The second-order valence-electron chi connectivity index (χ2n) is 6.83. The highest BCUT2D eigenvalue weighted by atomic mass is 32.2. The van der Waals surface area contributed by atoms with Crippen LogP contribution >= 0.6 is 23.5 Å². The van der Waals surface area contributed by atoms with E-state index < -0.39 is 0 Å². The van der Waals surface area contributed by atoms with E-state index in [1.165, 1.54) is 22.7 Å². The maximum atomic E-state index is 12.1. The number of aliphatic imine (C=N–C) groups is 1. The molecule has 6 nitrogen and oxygen atoms in total. The normalized spacial score (nSPS) is 21.1. The standard InChI is InChI=1S/C20H22N4O2S2/c1-12-8-15-19(26)23-17(24-20(15)28-12)10-27-11-18(25)21-7-6-13-9-22-16-5-3-2-4-14(13)16/h2-5,8-9,15,20,22H,6-7,10-11H2,1H3,(H,21,25)(H,23,24,26). The van der Waals surface area contributed by atoms with Gasteiger partial charge in [0.05, 0.1) is 17.4 Å². The SMILES string of the molecule is CC1=CC2C(=O)NC(CSCC(=O)NCCc3c[nH]c4ccccc34)=NC2S1. The van der Waals surface area contributed by atoms with Crippen LogP contribution < -0.4 is 10.6 Å². The molecule has 8 heteroatoms. The van der Waals surface area contributed by atoms with Crippen molar-refractivity contribution >= 4 is 52.1 Å². The smallest absolute Gasteiger partial charge is 0.235 e. The number of nitrogens with zero attached hydrogens (tertiary/aromatic N) is 1. The van der Waals surface area contributed by atoms with Gasteiger partial charge in [0.25, 0.3) is 0 Å². The highest BCUT2D eigenvalue weighted by Gasteiger charge is 2.36. The quantitative estimate of drug-likeness (QED) is 0.650. The first kappa shape index (κ1) is 19.1. The van der Waals surface area contributed by atoms with E-state index in [4.69, 9.17) is 0 Å². The van der Waals surface area contributed by atoms with Gasteiger partial charge >= 0.3 is 0 Å². The fraction of sp³-hybridized carbons (Fsp3) is 0.350. The Labute approximate surface area is 172 Å². The van der Waals surface area contributed by atoms with Crippen LogP contribution in [-0.2, 0) is 16.0 Å². The largest absolute Gasteiger partial charge is 0.361 e. The summed E-state index contributed by atoms with van der Waals surface area (Å²) in [5, 5.41) is 6.97. The minimum Gasteiger partial charge on any atom is -0.361 e. The Morgan fingerprint density at radius 1 is 1.36 bits per heavy atom. The average molecular weight is 415 g/mol. The maximum Gasteiger partial charge on any atom is 0.235 e. The molecule has 3 N–H and O–H groups in total. The van der Waals surface area contributed by atoms with E-state index in [2.05, 4.69) is 26.7 Å². The molecule has 1 aromatic carbocycles. The Bertz CT molecular complexity index is 966. The van der Waals surface area contributed by atoms with Crippen LogP contribution in [-0.4, -0.2) is 46.1 Å². The molecule has 1 aromatic heterocycles. The minimum absolute atomic E-state index is 0.00166. The fourth-order valence-corrected chi connectivity index (χ4v) is 5.27. The molecule has 2 amide bonds. The van der Waals surface area contributed by atoms with E-state index in [-0.39, 0.29) is 23.1 Å². The topological polar surface area (TPSA) is 86.4 Å². The number of aromatic amines is 1. The molecule has 2 unspecified atom stereocenters. The van der Waals surface area contributed by atoms with Gasteiger partial charge < -0.3 is 15.6 Å². The molecule has 0 saturated carbocycles. The molecule has 3 heterocycles. The summed E-state index contributed by atoms with van der Waals surface area (Å²) < 4.78 is 0. The summed E-state index contributed by atoms with van der Waals surface area (Å²) in [5.74, 6) is 1.39. The summed E-state index contributed by atoms with van der Waals surface area (Å²) >= 11 is 3.09. The molecule has 0 bridgehead atoms. The zero-order valence-electron chi connectivity index (χ0n) is 15.5. The monoisotopic (exact) mass is 414 g/mol. The van der Waals surface area contributed by atoms with Crippen molar-refractivity contribution in [2.45, 2.75) is 18.7 Å². The maximum absolute atomic E-state index is 12.1. The number of amides is 2. The van der Waals surface area contributed by atoms with Gasteiger partial charge in [0, 0.05) is 23.6 Å². The van der Waals surface area contributed by atoms with E-state index >= 15 is 0 Å². The highest BCUT2D eigenvalue weighted by molar-refractivity contribution is 8.04. The van der Waals surface area contributed by atoms with Crippen LogP contribution in [0.25, 0.3) is 10.9 Å². The van der Waals surface area contributed by atoms with Gasteiger partial charge in [-0.15, -0.1) is 23.5 Å². The number of hydrogen-bond acceptors (Lipinski definition) is 5. The van der Waals surface area contributed by atoms with Crippen LogP contribution in [0.3, 0.4) is 0 Å². The van der Waals surface area contributed by atoms with Crippen molar-refractivity contribution in [2.75, 3.05) is 18.1 Å². The Hall–Kier alpha value is -2.19. The van der Waals surface area contributed by atoms with Crippen molar-refractivity contribution in [1.29, 1.82) is 0 Å². The predicted molar refractivity (Wildman–Crippen MR) is 117 cm³/mol. The van der Waals surface area contributed by atoms with Gasteiger partial charge in [-0.2, -0.15) is 0 Å². The van der Waals surface area contributed by atoms with Crippen LogP contribution in [0.4, 0.5) is 0 Å². The number of rotatable bonds is 7. The molecule has 2 aliphatic rings. The zero-order chi connectivity index (χ0) is 19.5. The summed E-state index contributed by atoms with van der Waals surface area (Å²) in [5.41, 5.74) is 2.32. The van der Waals surface area contributed by atoms with Crippen LogP contribution in [0.1, 0.15) is 12.5 Å². The number of thioether (sulfide) groups is 2. The van der Waals surface area contributed by atoms with Gasteiger partial charge in [0.2, 0.25) is 11.8 Å². The van der Waals surface area contributed by atoms with Crippen LogP contribution in [0.2, 0.25) is 0 Å². The number of carbonyl (C=O) groups is 2. The van der Waals surface area contributed by atoms with Gasteiger partial charge in [-0.05, 0) is 29.9 Å². The fourth-order valence-electron chi connectivity index (χ4n) is 3.40. The molecule has 28 heavy (non-hydrogen) atoms. The number of hydrogen-bond donors (Lipinski definition) is 3. The van der Waals surface area contributed by atoms with Crippen molar-refractivity contribution in [3.8, 4) is 0 Å². The number of benzene rings is 1. The lowest BCUT2D eigenvalue weighted by Gasteiger charge is -2.22. The second kappa shape index (κ2) is 8.45. The van der Waals surface area contributed by atoms with Gasteiger partial charge in [0.1, 0.15) is 11.2 Å². The summed E-state index contributed by atoms with van der Waals surface area (Å²) in [6, 6.07) is 8.15. The first-order valence-corrected chi connectivity index (χ1v) is 11.3. The van der Waals surface area contributed by atoms with Gasteiger partial charge in [-0.1, -0.05) is 24.3 Å². The predicted octanol–water partition coefficient (Wildman–Crippen LogP) is 2.68. The zero-order valence-corrected chi connectivity index (χ0v) is 17.2. The summed E-state index contributed by atoms with van der Waals surface area (Å²) in [4.78, 5) is 33.2. The lowest BCUT2D eigenvalue weighted by molar-refractivity contribution is -0.122. The van der Waals surface area contributed by atoms with Crippen molar-refractivity contribution in [1.82, 2.24) is 15.6 Å². The van der Waals surface area contributed by atoms with E-state index in [0.717, 1.165) is 16.8 Å². The van der Waals surface area contributed by atoms with E-state index in [1.54, 1.807) is 11.8 Å². The molecule has 0 radical (unpaired) electrons. The van der Waals surface area contributed by atoms with E-state index in [1.807, 2.05) is 37.4 Å². The number of allylic oxidation sites excluding steroid dienone is 1. The van der Waals surface area contributed by atoms with Crippen molar-refractivity contribution < 1.29 is 9.59 Å². The van der Waals surface area contributed by atoms with Crippen LogP contribution in [0, 0.1) is 5.92 Å². The Kier molecular flexibility index (Phi) is 5.77. The first-order valence-electron chi connectivity index (χ1n) is 9.22. The number of H-pyrrole nitrogens is 1. The van der Waals surface area contributed by atoms with Gasteiger partial charge in [-0.25, -0.2) is 0 Å². The Morgan fingerprint density at radius 3 is 3.11 bits per heavy atom. The highest BCUT2D eigenvalue weighted by Crippen LogP contribution is 2.38. The average Bonchev–Trinajstić information content (AvgIpc) is 3.25. The van der Waals surface area contributed by atoms with Gasteiger partial charge in [-0.3, -0.25) is 14.6 Å². The molecule has 2 aliphatic heterocycles. The van der Waals surface area contributed by atoms with Crippen LogP contribution in [0.15, 0.2) is 46.4 Å². The third-order valence-electron chi connectivity index (χ3n) is 4.74. The number of fused-ring (bicyclic) bond motifs is 2. The number of aromatic nitrogens is 1. The van der Waals surface area contributed by atoms with Crippen molar-refractivity contribution in [3.63, 3.8) is 0 Å². The second-order valence-corrected chi connectivity index (χ2v) is 9.18. The van der Waals surface area contributed by atoms with E-state index in [9.17, 15) is 9.59 Å². The molecule has 0 fully saturated rings. The van der Waals surface area contributed by atoms with Crippen molar-refractivity contribution in [3.05, 3.63) is 47.0 Å². The van der Waals surface area contributed by atoms with Gasteiger partial charge in [0.15, 0.2) is 0 Å². The van der Waals surface area contributed by atoms with E-state index in [0.29, 0.717) is 23.9 Å². The number of carbonyl (C=O) groups excluding carboxylic acids is 2. The third-order valence-corrected chi connectivity index (χ3v) is 6.84. The lowest BCUT2D eigenvalue weighted by Crippen LogP contribution is -2.44. The third kappa shape index (κ3) is 4.28. The molecular formula is C20H22N4O2S2. The minimum atomic E-state index is -0.161.